The number of carbonyl (C=O) groups excluding carboxylic acids is 3. The molecule has 5 rings (SSSR count). The van der Waals surface area contributed by atoms with Crippen molar-refractivity contribution in [1.29, 1.82) is 0 Å². The van der Waals surface area contributed by atoms with Crippen LogP contribution in [0, 0.1) is 0 Å². The van der Waals surface area contributed by atoms with Crippen molar-refractivity contribution in [1.82, 2.24) is 10.2 Å². The molecule has 2 aliphatic rings. The molecule has 262 valence electrons. The van der Waals surface area contributed by atoms with Crippen LogP contribution in [-0.2, 0) is 46.5 Å². The van der Waals surface area contributed by atoms with Gasteiger partial charge in [0.05, 0.1) is 18.8 Å². The second-order valence-corrected chi connectivity index (χ2v) is 13.8. The lowest BCUT2D eigenvalue weighted by molar-refractivity contribution is -0.253. The van der Waals surface area contributed by atoms with E-state index in [4.69, 9.17) is 18.9 Å². The average Bonchev–Trinajstić information content (AvgIpc) is 3.54. The number of rotatable bonds is 11. The number of nitrogens with zero attached hydrogens (tertiary/aromatic N) is 1. The third-order valence-electron chi connectivity index (χ3n) is 8.69. The monoisotopic (exact) mass is 672 g/mol. The number of benzene rings is 3. The Hall–Kier alpha value is -4.09. The molecule has 3 aromatic carbocycles. The summed E-state index contributed by atoms with van der Waals surface area (Å²) < 4.78 is 24.0. The first-order valence-electron chi connectivity index (χ1n) is 17.0. The lowest BCUT2D eigenvalue weighted by Gasteiger charge is -2.38. The van der Waals surface area contributed by atoms with E-state index in [0.717, 1.165) is 52.8 Å². The van der Waals surface area contributed by atoms with Crippen LogP contribution in [-0.4, -0.2) is 64.8 Å². The first kappa shape index (κ1) is 36.2. The molecule has 0 radical (unpaired) electrons. The Morgan fingerprint density at radius 3 is 2.37 bits per heavy atom. The largest absolute Gasteiger partial charge is 0.459 e. The number of amides is 1. The van der Waals surface area contributed by atoms with E-state index in [1.165, 1.54) is 13.8 Å². The number of esters is 2. The molecule has 10 nitrogen and oxygen atoms in total. The number of nitrogens with one attached hydrogen (secondary N) is 1. The summed E-state index contributed by atoms with van der Waals surface area (Å²) in [6, 6.07) is 23.4. The molecule has 0 aliphatic carbocycles. The first-order valence-corrected chi connectivity index (χ1v) is 17.0. The summed E-state index contributed by atoms with van der Waals surface area (Å²) in [5, 5.41) is 12.4. The standard InChI is InChI=1S/C39H48N2O8/c1-25(46-26(2)43)36(44)40-22-28-9-6-10-30(19-28)31-11-7-12-32(20-31)38-47-33(21-35(48-38)29-16-14-27(24-42)15-17-29)23-41-18-8-13-34(41)37(45)49-39(3,4)5/h6-7,9-12,14-17,19-20,25,33-35,38,42H,8,13,18,21-24H2,1-5H3,(H,40,44). The Morgan fingerprint density at radius 2 is 1.67 bits per heavy atom. The van der Waals surface area contributed by atoms with Gasteiger partial charge in [-0.05, 0) is 87.0 Å². The molecule has 2 fully saturated rings. The lowest BCUT2D eigenvalue weighted by Crippen LogP contribution is -2.45. The molecule has 0 bridgehead atoms. The molecule has 5 unspecified atom stereocenters. The second-order valence-electron chi connectivity index (χ2n) is 13.8. The number of aliphatic hydroxyl groups excluding tert-OH is 1. The van der Waals surface area contributed by atoms with Crippen molar-refractivity contribution < 1.29 is 38.4 Å². The Balaban J connectivity index is 1.34. The zero-order valence-corrected chi connectivity index (χ0v) is 29.0. The minimum absolute atomic E-state index is 0.0328. The minimum Gasteiger partial charge on any atom is -0.459 e. The van der Waals surface area contributed by atoms with E-state index < -0.39 is 24.0 Å². The van der Waals surface area contributed by atoms with Crippen LogP contribution in [0.3, 0.4) is 0 Å². The van der Waals surface area contributed by atoms with Crippen LogP contribution >= 0.6 is 0 Å². The molecule has 5 atom stereocenters. The van der Waals surface area contributed by atoms with Gasteiger partial charge in [-0.15, -0.1) is 0 Å². The van der Waals surface area contributed by atoms with Crippen LogP contribution in [0.4, 0.5) is 0 Å². The smallest absolute Gasteiger partial charge is 0.323 e. The molecule has 2 saturated heterocycles. The van der Waals surface area contributed by atoms with Gasteiger partial charge < -0.3 is 29.4 Å². The average molecular weight is 673 g/mol. The fourth-order valence-corrected chi connectivity index (χ4v) is 6.34. The molecule has 2 heterocycles. The third kappa shape index (κ3) is 9.98. The predicted molar refractivity (Wildman–Crippen MR) is 184 cm³/mol. The molecular weight excluding hydrogens is 624 g/mol. The zero-order valence-electron chi connectivity index (χ0n) is 29.0. The zero-order chi connectivity index (χ0) is 35.1. The van der Waals surface area contributed by atoms with Crippen LogP contribution in [0.25, 0.3) is 11.1 Å². The van der Waals surface area contributed by atoms with Crippen LogP contribution in [0.5, 0.6) is 0 Å². The highest BCUT2D eigenvalue weighted by atomic mass is 16.7. The van der Waals surface area contributed by atoms with Gasteiger partial charge in [0.25, 0.3) is 5.91 Å². The fraction of sp³-hybridized carbons (Fsp3) is 0.462. The van der Waals surface area contributed by atoms with Crippen LogP contribution in [0.2, 0.25) is 0 Å². The third-order valence-corrected chi connectivity index (χ3v) is 8.69. The molecule has 3 aromatic rings. The highest BCUT2D eigenvalue weighted by Crippen LogP contribution is 2.39. The molecule has 2 N–H and O–H groups in total. The summed E-state index contributed by atoms with van der Waals surface area (Å²) >= 11 is 0. The van der Waals surface area contributed by atoms with E-state index in [9.17, 15) is 19.5 Å². The van der Waals surface area contributed by atoms with Gasteiger partial charge in [0.2, 0.25) is 0 Å². The van der Waals surface area contributed by atoms with E-state index in [2.05, 4.69) is 16.3 Å². The Bertz CT molecular complexity index is 1600. The molecule has 49 heavy (non-hydrogen) atoms. The quantitative estimate of drug-likeness (QED) is 0.245. The summed E-state index contributed by atoms with van der Waals surface area (Å²) in [5.74, 6) is -1.07. The van der Waals surface area contributed by atoms with Crippen molar-refractivity contribution >= 4 is 17.8 Å². The minimum atomic E-state index is -0.873. The van der Waals surface area contributed by atoms with E-state index >= 15 is 0 Å². The van der Waals surface area contributed by atoms with Crippen LogP contribution < -0.4 is 5.32 Å². The van der Waals surface area contributed by atoms with Gasteiger partial charge >= 0.3 is 11.9 Å². The van der Waals surface area contributed by atoms with Gasteiger partial charge in [0.15, 0.2) is 12.4 Å². The lowest BCUT2D eigenvalue weighted by atomic mass is 9.98. The summed E-state index contributed by atoms with van der Waals surface area (Å²) in [4.78, 5) is 38.9. The van der Waals surface area contributed by atoms with E-state index in [0.29, 0.717) is 13.0 Å². The van der Waals surface area contributed by atoms with Gasteiger partial charge in [-0.1, -0.05) is 60.7 Å². The number of aliphatic hydroxyl groups is 1. The topological polar surface area (TPSA) is 124 Å². The van der Waals surface area contributed by atoms with E-state index in [1.807, 2.05) is 87.5 Å². The van der Waals surface area contributed by atoms with Crippen molar-refractivity contribution in [3.8, 4) is 11.1 Å². The molecule has 0 aromatic heterocycles. The van der Waals surface area contributed by atoms with E-state index in [-0.39, 0.29) is 43.3 Å². The van der Waals surface area contributed by atoms with Gasteiger partial charge in [-0.25, -0.2) is 0 Å². The van der Waals surface area contributed by atoms with Crippen molar-refractivity contribution in [2.45, 2.75) is 103 Å². The maximum absolute atomic E-state index is 13.1. The first-order chi connectivity index (χ1) is 23.4. The van der Waals surface area contributed by atoms with Crippen molar-refractivity contribution in [2.24, 2.45) is 0 Å². The Morgan fingerprint density at radius 1 is 0.959 bits per heavy atom. The fourth-order valence-electron chi connectivity index (χ4n) is 6.34. The molecule has 10 heteroatoms. The number of carbonyl (C=O) groups is 3. The normalized spacial score (nSPS) is 21.9. The second kappa shape index (κ2) is 16.1. The Kier molecular flexibility index (Phi) is 11.9. The van der Waals surface area contributed by atoms with Crippen LogP contribution in [0.15, 0.2) is 72.8 Å². The van der Waals surface area contributed by atoms with Crippen molar-refractivity contribution in [3.05, 3.63) is 95.1 Å². The van der Waals surface area contributed by atoms with Gasteiger partial charge in [-0.3, -0.25) is 19.3 Å². The number of ether oxygens (including phenoxy) is 4. The maximum atomic E-state index is 13.1. The van der Waals surface area contributed by atoms with Crippen LogP contribution in [0.1, 0.15) is 88.5 Å². The van der Waals surface area contributed by atoms with Gasteiger partial charge in [-0.2, -0.15) is 0 Å². The van der Waals surface area contributed by atoms with Gasteiger partial charge in [0.1, 0.15) is 11.6 Å². The van der Waals surface area contributed by atoms with Crippen molar-refractivity contribution in [2.75, 3.05) is 13.1 Å². The summed E-state index contributed by atoms with van der Waals surface area (Å²) in [7, 11) is 0. The molecule has 2 aliphatic heterocycles. The molecule has 0 saturated carbocycles. The highest BCUT2D eigenvalue weighted by molar-refractivity contribution is 5.83. The number of likely N-dealkylation sites (tertiary alicyclic amines) is 1. The summed E-state index contributed by atoms with van der Waals surface area (Å²) in [6.07, 6.45) is 0.271. The molecule has 0 spiro atoms. The molecule has 1 amide bonds. The Labute approximate surface area is 288 Å². The molecular formula is C39H48N2O8. The maximum Gasteiger partial charge on any atom is 0.323 e. The highest BCUT2D eigenvalue weighted by Gasteiger charge is 2.39. The SMILES string of the molecule is CC(=O)OC(C)C(=O)NCc1cccc(-c2cccc(C3OC(CN4CCCC4C(=O)OC(C)(C)C)CC(c4ccc(CO)cc4)O3)c2)c1. The van der Waals surface area contributed by atoms with Crippen molar-refractivity contribution in [3.63, 3.8) is 0 Å². The number of hydrogen-bond acceptors (Lipinski definition) is 9. The summed E-state index contributed by atoms with van der Waals surface area (Å²) in [6.45, 7) is 10.1. The number of hydrogen-bond donors (Lipinski definition) is 2. The predicted octanol–water partition coefficient (Wildman–Crippen LogP) is 5.77. The summed E-state index contributed by atoms with van der Waals surface area (Å²) in [5.41, 5.74) is 4.94. The van der Waals surface area contributed by atoms with Gasteiger partial charge in [0, 0.05) is 32.0 Å². The van der Waals surface area contributed by atoms with E-state index in [1.54, 1.807) is 0 Å².